The summed E-state index contributed by atoms with van der Waals surface area (Å²) in [6.45, 7) is 7.14. The molecular weight excluding hydrogens is 322 g/mol. The van der Waals surface area contributed by atoms with Gasteiger partial charge in [-0.2, -0.15) is 0 Å². The Balaban J connectivity index is 0.000000552. The van der Waals surface area contributed by atoms with Crippen LogP contribution in [0, 0.1) is 5.92 Å². The number of piperidine rings is 1. The van der Waals surface area contributed by atoms with Gasteiger partial charge in [0.25, 0.3) is 5.97 Å². The number of benzene rings is 1. The molecular formula is C23H35NO2. The highest BCUT2D eigenvalue weighted by atomic mass is 16.4. The average Bonchev–Trinajstić information content (AvgIpc) is 3.06. The molecule has 0 bridgehead atoms. The van der Waals surface area contributed by atoms with Crippen molar-refractivity contribution in [2.45, 2.75) is 64.2 Å². The van der Waals surface area contributed by atoms with E-state index in [9.17, 15) is 0 Å². The van der Waals surface area contributed by atoms with E-state index in [0.29, 0.717) is 5.41 Å². The monoisotopic (exact) mass is 357 g/mol. The lowest BCUT2D eigenvalue weighted by Gasteiger charge is -2.45. The Morgan fingerprint density at radius 1 is 1.27 bits per heavy atom. The largest absolute Gasteiger partial charge is 0.481 e. The molecule has 3 nitrogen and oxygen atoms in total. The molecule has 2 aliphatic rings. The van der Waals surface area contributed by atoms with Gasteiger partial charge in [0.05, 0.1) is 0 Å². The van der Waals surface area contributed by atoms with Gasteiger partial charge in [-0.3, -0.25) is 4.79 Å². The number of fused-ring (bicyclic) bond motifs is 1. The van der Waals surface area contributed by atoms with Crippen LogP contribution in [-0.2, 0) is 10.2 Å². The van der Waals surface area contributed by atoms with Crippen molar-refractivity contribution in [2.24, 2.45) is 5.92 Å². The summed E-state index contributed by atoms with van der Waals surface area (Å²) in [4.78, 5) is 11.7. The van der Waals surface area contributed by atoms with E-state index in [2.05, 4.69) is 54.3 Å². The molecule has 1 aliphatic heterocycles. The third-order valence-electron chi connectivity index (χ3n) is 5.99. The number of carboxylic acids is 1. The predicted molar refractivity (Wildman–Crippen MR) is 108 cm³/mol. The Hall–Kier alpha value is -1.61. The van der Waals surface area contributed by atoms with Gasteiger partial charge in [-0.25, -0.2) is 0 Å². The molecule has 0 amide bonds. The number of likely N-dealkylation sites (tertiary alicyclic amines) is 1. The minimum Gasteiger partial charge on any atom is -0.481 e. The van der Waals surface area contributed by atoms with Gasteiger partial charge < -0.3 is 10.0 Å². The van der Waals surface area contributed by atoms with E-state index in [1.807, 2.05) is 0 Å². The van der Waals surface area contributed by atoms with Gasteiger partial charge in [0, 0.05) is 18.9 Å². The number of allylic oxidation sites excluding steroid dienone is 2. The Labute approximate surface area is 159 Å². The summed E-state index contributed by atoms with van der Waals surface area (Å²) in [5.41, 5.74) is 2.12. The number of hydrogen-bond acceptors (Lipinski definition) is 2. The van der Waals surface area contributed by atoms with Crippen molar-refractivity contribution in [3.63, 3.8) is 0 Å². The number of rotatable bonds is 6. The second-order valence-corrected chi connectivity index (χ2v) is 7.75. The van der Waals surface area contributed by atoms with Crippen LogP contribution in [0.4, 0.5) is 0 Å². The summed E-state index contributed by atoms with van der Waals surface area (Å²) in [7, 11) is 0. The molecule has 1 aromatic carbocycles. The fraction of sp³-hybridized carbons (Fsp3) is 0.609. The normalized spacial score (nSPS) is 25.5. The van der Waals surface area contributed by atoms with Crippen LogP contribution in [0.5, 0.6) is 0 Å². The smallest absolute Gasteiger partial charge is 0.300 e. The first-order chi connectivity index (χ1) is 12.6. The fourth-order valence-electron chi connectivity index (χ4n) is 4.76. The summed E-state index contributed by atoms with van der Waals surface area (Å²) in [5.74, 6) is 0.0548. The zero-order valence-electron chi connectivity index (χ0n) is 16.5. The summed E-state index contributed by atoms with van der Waals surface area (Å²) < 4.78 is 0. The van der Waals surface area contributed by atoms with Crippen molar-refractivity contribution in [3.8, 4) is 0 Å². The maximum absolute atomic E-state index is 9.00. The lowest BCUT2D eigenvalue weighted by atomic mass is 9.68. The van der Waals surface area contributed by atoms with Crippen LogP contribution in [0.1, 0.15) is 64.4 Å². The first kappa shape index (κ1) is 20.7. The second-order valence-electron chi connectivity index (χ2n) is 7.75. The van der Waals surface area contributed by atoms with Crippen molar-refractivity contribution in [1.29, 1.82) is 0 Å². The maximum Gasteiger partial charge on any atom is 0.300 e. The van der Waals surface area contributed by atoms with Crippen molar-refractivity contribution < 1.29 is 9.90 Å². The molecule has 1 heterocycles. The van der Waals surface area contributed by atoms with Gasteiger partial charge in [-0.15, -0.1) is 0 Å². The van der Waals surface area contributed by atoms with Crippen LogP contribution in [0.15, 0.2) is 42.5 Å². The highest BCUT2D eigenvalue weighted by molar-refractivity contribution is 5.62. The molecule has 1 aliphatic carbocycles. The van der Waals surface area contributed by atoms with Gasteiger partial charge in [-0.05, 0) is 70.0 Å². The van der Waals surface area contributed by atoms with E-state index < -0.39 is 5.97 Å². The van der Waals surface area contributed by atoms with E-state index in [1.54, 1.807) is 5.56 Å². The topological polar surface area (TPSA) is 40.5 Å². The van der Waals surface area contributed by atoms with Crippen LogP contribution >= 0.6 is 0 Å². The Kier molecular flexibility index (Phi) is 8.37. The number of carboxylic acid groups (broad SMARTS) is 1. The summed E-state index contributed by atoms with van der Waals surface area (Å²) in [6.07, 6.45) is 14.1. The number of unbranched alkanes of at least 4 members (excludes halogenated alkanes) is 2. The van der Waals surface area contributed by atoms with E-state index >= 15 is 0 Å². The molecule has 2 fully saturated rings. The van der Waals surface area contributed by atoms with Gasteiger partial charge in [-0.1, -0.05) is 48.9 Å². The standard InChI is InChI=1S/C21H31N.C2H4O2/c1-2-3-4-5-9-16-22-17-15-21(14-10-13-20(21)18-22)19-11-7-6-8-12-19;1-2(3)4/h2-3,6-8,11-12,20H,4-5,9-10,13-18H2,1H3;1H3,(H,3,4)/b3-2+;. The SMILES string of the molecule is C/C=C/CCCCN1CCC2(c3ccccc3)CCCC2C1.CC(=O)O. The predicted octanol–water partition coefficient (Wildman–Crippen LogP) is 5.27. The van der Waals surface area contributed by atoms with Crippen LogP contribution in [0.3, 0.4) is 0 Å². The molecule has 3 heteroatoms. The summed E-state index contributed by atoms with van der Waals surface area (Å²) in [5, 5.41) is 7.42. The molecule has 0 spiro atoms. The Morgan fingerprint density at radius 2 is 2.00 bits per heavy atom. The molecule has 2 atom stereocenters. The van der Waals surface area contributed by atoms with Crippen LogP contribution < -0.4 is 0 Å². The lowest BCUT2D eigenvalue weighted by Crippen LogP contribution is -2.47. The average molecular weight is 358 g/mol. The molecule has 1 saturated carbocycles. The summed E-state index contributed by atoms with van der Waals surface area (Å²) >= 11 is 0. The second kappa shape index (κ2) is 10.5. The molecule has 0 radical (unpaired) electrons. The number of hydrogen-bond donors (Lipinski definition) is 1. The van der Waals surface area contributed by atoms with Gasteiger partial charge in [0.15, 0.2) is 0 Å². The van der Waals surface area contributed by atoms with Crippen LogP contribution in [0.2, 0.25) is 0 Å². The third-order valence-corrected chi connectivity index (χ3v) is 5.99. The Morgan fingerprint density at radius 3 is 2.69 bits per heavy atom. The third kappa shape index (κ3) is 5.70. The van der Waals surface area contributed by atoms with E-state index in [4.69, 9.17) is 9.90 Å². The molecule has 0 aromatic heterocycles. The molecule has 26 heavy (non-hydrogen) atoms. The van der Waals surface area contributed by atoms with Crippen molar-refractivity contribution in [1.82, 2.24) is 4.90 Å². The highest BCUT2D eigenvalue weighted by Gasteiger charge is 2.46. The first-order valence-electron chi connectivity index (χ1n) is 10.2. The van der Waals surface area contributed by atoms with Crippen LogP contribution in [0.25, 0.3) is 0 Å². The molecule has 3 rings (SSSR count). The number of nitrogens with zero attached hydrogens (tertiary/aromatic N) is 1. The van der Waals surface area contributed by atoms with Gasteiger partial charge in [0.1, 0.15) is 0 Å². The first-order valence-corrected chi connectivity index (χ1v) is 10.2. The molecule has 1 aromatic rings. The summed E-state index contributed by atoms with van der Waals surface area (Å²) in [6, 6.07) is 11.4. The zero-order valence-corrected chi connectivity index (χ0v) is 16.5. The van der Waals surface area contributed by atoms with E-state index in [-0.39, 0.29) is 0 Å². The molecule has 1 saturated heterocycles. The molecule has 2 unspecified atom stereocenters. The van der Waals surface area contributed by atoms with Gasteiger partial charge in [0.2, 0.25) is 0 Å². The van der Waals surface area contributed by atoms with Crippen LogP contribution in [-0.4, -0.2) is 35.6 Å². The zero-order chi connectivity index (χ0) is 18.8. The molecule has 144 valence electrons. The quantitative estimate of drug-likeness (QED) is 0.557. The maximum atomic E-state index is 9.00. The lowest BCUT2D eigenvalue weighted by molar-refractivity contribution is -0.134. The molecule has 1 N–H and O–H groups in total. The van der Waals surface area contributed by atoms with E-state index in [1.165, 1.54) is 64.6 Å². The minimum absolute atomic E-state index is 0.503. The van der Waals surface area contributed by atoms with Crippen molar-refractivity contribution >= 4 is 5.97 Å². The fourth-order valence-corrected chi connectivity index (χ4v) is 4.76. The van der Waals surface area contributed by atoms with Crippen molar-refractivity contribution in [2.75, 3.05) is 19.6 Å². The number of aliphatic carboxylic acids is 1. The van der Waals surface area contributed by atoms with Gasteiger partial charge >= 0.3 is 0 Å². The minimum atomic E-state index is -0.833. The number of carbonyl (C=O) groups is 1. The highest BCUT2D eigenvalue weighted by Crippen LogP contribution is 2.50. The van der Waals surface area contributed by atoms with E-state index in [0.717, 1.165) is 12.8 Å². The van der Waals surface area contributed by atoms with Crippen molar-refractivity contribution in [3.05, 3.63) is 48.0 Å². The Bertz CT molecular complexity index is 565.